The van der Waals surface area contributed by atoms with E-state index < -0.39 is 11.4 Å². The average Bonchev–Trinajstić information content (AvgIpc) is 2.47. The molecule has 0 unspecified atom stereocenters. The maximum Gasteiger partial charge on any atom is 0.335 e. The number of amides is 1. The molecule has 1 aromatic carbocycles. The van der Waals surface area contributed by atoms with E-state index in [1.54, 1.807) is 6.07 Å². The van der Waals surface area contributed by atoms with Crippen LogP contribution in [0.2, 0.25) is 0 Å². The molecule has 0 aromatic heterocycles. The van der Waals surface area contributed by atoms with Gasteiger partial charge in [-0.05, 0) is 44.1 Å². The number of methoxy groups -OCH3 is 1. The SMILES string of the molecule is COc1ccc(C(=O)O)cc1NC(=O)C1(C)CCNCC1. The van der Waals surface area contributed by atoms with Gasteiger partial charge in [-0.2, -0.15) is 0 Å². The minimum absolute atomic E-state index is 0.107. The number of nitrogens with one attached hydrogen (secondary N) is 2. The van der Waals surface area contributed by atoms with E-state index in [2.05, 4.69) is 10.6 Å². The highest BCUT2D eigenvalue weighted by molar-refractivity contribution is 5.98. The van der Waals surface area contributed by atoms with E-state index in [9.17, 15) is 9.59 Å². The lowest BCUT2D eigenvalue weighted by Gasteiger charge is -2.32. The number of hydrogen-bond donors (Lipinski definition) is 3. The number of aromatic carboxylic acids is 1. The molecule has 114 valence electrons. The summed E-state index contributed by atoms with van der Waals surface area (Å²) in [5, 5.41) is 15.1. The smallest absolute Gasteiger partial charge is 0.335 e. The number of rotatable bonds is 4. The molecule has 1 aliphatic rings. The Morgan fingerprint density at radius 2 is 2.00 bits per heavy atom. The summed E-state index contributed by atoms with van der Waals surface area (Å²) in [5.41, 5.74) is 0.0545. The van der Waals surface area contributed by atoms with Crippen molar-refractivity contribution in [2.75, 3.05) is 25.5 Å². The number of carboxylic acid groups (broad SMARTS) is 1. The number of carbonyl (C=O) groups is 2. The number of ether oxygens (including phenoxy) is 1. The predicted octanol–water partition coefficient (Wildman–Crippen LogP) is 1.72. The third kappa shape index (κ3) is 3.33. The Hall–Kier alpha value is -2.08. The number of benzene rings is 1. The van der Waals surface area contributed by atoms with Crippen molar-refractivity contribution in [2.45, 2.75) is 19.8 Å². The average molecular weight is 292 g/mol. The van der Waals surface area contributed by atoms with Gasteiger partial charge in [-0.3, -0.25) is 4.79 Å². The first-order valence-corrected chi connectivity index (χ1v) is 6.90. The summed E-state index contributed by atoms with van der Waals surface area (Å²) in [5.74, 6) is -0.697. The lowest BCUT2D eigenvalue weighted by molar-refractivity contribution is -0.126. The van der Waals surface area contributed by atoms with Crippen LogP contribution in [0.1, 0.15) is 30.1 Å². The molecule has 1 saturated heterocycles. The van der Waals surface area contributed by atoms with Crippen LogP contribution >= 0.6 is 0 Å². The van der Waals surface area contributed by atoms with Crippen molar-refractivity contribution < 1.29 is 19.4 Å². The second-order valence-electron chi connectivity index (χ2n) is 5.48. The second-order valence-corrected chi connectivity index (χ2v) is 5.48. The molecule has 6 heteroatoms. The molecule has 2 rings (SSSR count). The Labute approximate surface area is 123 Å². The van der Waals surface area contributed by atoms with E-state index in [4.69, 9.17) is 9.84 Å². The van der Waals surface area contributed by atoms with Crippen molar-refractivity contribution in [1.82, 2.24) is 5.32 Å². The molecular weight excluding hydrogens is 272 g/mol. The van der Waals surface area contributed by atoms with Gasteiger partial charge in [-0.1, -0.05) is 6.92 Å². The minimum atomic E-state index is -1.04. The van der Waals surface area contributed by atoms with Crippen LogP contribution in [0, 0.1) is 5.41 Å². The topological polar surface area (TPSA) is 87.7 Å². The fourth-order valence-corrected chi connectivity index (χ4v) is 2.42. The van der Waals surface area contributed by atoms with Gasteiger partial charge in [-0.25, -0.2) is 4.79 Å². The van der Waals surface area contributed by atoms with Gasteiger partial charge in [0.05, 0.1) is 18.4 Å². The first-order chi connectivity index (χ1) is 9.96. The van der Waals surface area contributed by atoms with Crippen molar-refractivity contribution in [3.8, 4) is 5.75 Å². The lowest BCUT2D eigenvalue weighted by atomic mass is 9.80. The van der Waals surface area contributed by atoms with Crippen LogP contribution in [0.15, 0.2) is 18.2 Å². The third-order valence-electron chi connectivity index (χ3n) is 3.95. The Morgan fingerprint density at radius 1 is 1.33 bits per heavy atom. The zero-order chi connectivity index (χ0) is 15.5. The quantitative estimate of drug-likeness (QED) is 0.786. The van der Waals surface area contributed by atoms with Crippen molar-refractivity contribution >= 4 is 17.6 Å². The van der Waals surface area contributed by atoms with Gasteiger partial charge in [0.1, 0.15) is 5.75 Å². The molecule has 0 bridgehead atoms. The number of hydrogen-bond acceptors (Lipinski definition) is 4. The van der Waals surface area contributed by atoms with E-state index in [1.807, 2.05) is 6.92 Å². The van der Waals surface area contributed by atoms with Crippen LogP contribution in [0.25, 0.3) is 0 Å². The van der Waals surface area contributed by atoms with E-state index in [0.29, 0.717) is 11.4 Å². The van der Waals surface area contributed by atoms with Gasteiger partial charge in [0, 0.05) is 5.41 Å². The van der Waals surface area contributed by atoms with Crippen LogP contribution in [0.4, 0.5) is 5.69 Å². The largest absolute Gasteiger partial charge is 0.495 e. The van der Waals surface area contributed by atoms with Crippen molar-refractivity contribution in [2.24, 2.45) is 5.41 Å². The number of carbonyl (C=O) groups excluding carboxylic acids is 1. The summed E-state index contributed by atoms with van der Waals surface area (Å²) in [6, 6.07) is 4.41. The first-order valence-electron chi connectivity index (χ1n) is 6.90. The molecule has 0 radical (unpaired) electrons. The summed E-state index contributed by atoms with van der Waals surface area (Å²) < 4.78 is 5.18. The zero-order valence-corrected chi connectivity index (χ0v) is 12.2. The molecule has 6 nitrogen and oxygen atoms in total. The molecule has 0 aliphatic carbocycles. The van der Waals surface area contributed by atoms with Gasteiger partial charge < -0.3 is 20.5 Å². The zero-order valence-electron chi connectivity index (χ0n) is 12.2. The Kier molecular flexibility index (Phi) is 4.47. The number of piperidine rings is 1. The van der Waals surface area contributed by atoms with E-state index in [0.717, 1.165) is 25.9 Å². The van der Waals surface area contributed by atoms with Gasteiger partial charge in [-0.15, -0.1) is 0 Å². The minimum Gasteiger partial charge on any atom is -0.495 e. The maximum atomic E-state index is 12.5. The molecule has 1 heterocycles. The predicted molar refractivity (Wildman–Crippen MR) is 78.8 cm³/mol. The fourth-order valence-electron chi connectivity index (χ4n) is 2.42. The highest BCUT2D eigenvalue weighted by Gasteiger charge is 2.34. The Balaban J connectivity index is 2.23. The molecule has 1 amide bonds. The molecule has 1 aliphatic heterocycles. The summed E-state index contributed by atoms with van der Waals surface area (Å²) in [4.78, 5) is 23.5. The van der Waals surface area contributed by atoms with Gasteiger partial charge in [0.15, 0.2) is 0 Å². The molecule has 0 spiro atoms. The summed E-state index contributed by atoms with van der Waals surface area (Å²) in [6.07, 6.45) is 1.50. The first kappa shape index (κ1) is 15.3. The van der Waals surface area contributed by atoms with Crippen molar-refractivity contribution in [1.29, 1.82) is 0 Å². The number of anilines is 1. The summed E-state index contributed by atoms with van der Waals surface area (Å²) >= 11 is 0. The van der Waals surface area contributed by atoms with E-state index >= 15 is 0 Å². The van der Waals surface area contributed by atoms with Gasteiger partial charge in [0.2, 0.25) is 5.91 Å². The maximum absolute atomic E-state index is 12.5. The lowest BCUT2D eigenvalue weighted by Crippen LogP contribution is -2.42. The second kappa shape index (κ2) is 6.13. The van der Waals surface area contributed by atoms with Gasteiger partial charge >= 0.3 is 5.97 Å². The molecule has 3 N–H and O–H groups in total. The molecular formula is C15H20N2O4. The summed E-state index contributed by atoms with van der Waals surface area (Å²) in [6.45, 7) is 3.53. The normalized spacial score (nSPS) is 17.0. The van der Waals surface area contributed by atoms with Gasteiger partial charge in [0.25, 0.3) is 0 Å². The monoisotopic (exact) mass is 292 g/mol. The van der Waals surface area contributed by atoms with Crippen LogP contribution in [0.5, 0.6) is 5.75 Å². The van der Waals surface area contributed by atoms with Crippen molar-refractivity contribution in [3.05, 3.63) is 23.8 Å². The van der Waals surface area contributed by atoms with Crippen LogP contribution < -0.4 is 15.4 Å². The fraction of sp³-hybridized carbons (Fsp3) is 0.467. The molecule has 1 aromatic rings. The Bertz CT molecular complexity index is 551. The highest BCUT2D eigenvalue weighted by Crippen LogP contribution is 2.32. The summed E-state index contributed by atoms with van der Waals surface area (Å²) in [7, 11) is 1.48. The Morgan fingerprint density at radius 3 is 2.57 bits per heavy atom. The van der Waals surface area contributed by atoms with Crippen LogP contribution in [0.3, 0.4) is 0 Å². The van der Waals surface area contributed by atoms with Crippen LogP contribution in [-0.2, 0) is 4.79 Å². The van der Waals surface area contributed by atoms with Crippen molar-refractivity contribution in [3.63, 3.8) is 0 Å². The third-order valence-corrected chi connectivity index (χ3v) is 3.95. The van der Waals surface area contributed by atoms with Crippen LogP contribution in [-0.4, -0.2) is 37.2 Å². The standard InChI is InChI=1S/C15H20N2O4/c1-15(5-7-16-8-6-15)14(20)17-11-9-10(13(18)19)3-4-12(11)21-2/h3-4,9,16H,5-8H2,1-2H3,(H,17,20)(H,18,19). The number of carboxylic acids is 1. The van der Waals surface area contributed by atoms with E-state index in [-0.39, 0.29) is 11.5 Å². The molecule has 0 saturated carbocycles. The molecule has 1 fully saturated rings. The molecule has 0 atom stereocenters. The molecule has 21 heavy (non-hydrogen) atoms. The van der Waals surface area contributed by atoms with E-state index in [1.165, 1.54) is 19.2 Å². The highest BCUT2D eigenvalue weighted by atomic mass is 16.5.